The lowest BCUT2D eigenvalue weighted by atomic mass is 9.95. The smallest absolute Gasteiger partial charge is 0.287 e. The second kappa shape index (κ2) is 7.17. The Kier molecular flexibility index (Phi) is 4.37. The van der Waals surface area contributed by atoms with Crippen LogP contribution in [0.1, 0.15) is 29.8 Å². The maximum absolute atomic E-state index is 12.6. The van der Waals surface area contributed by atoms with Crippen LogP contribution in [0.3, 0.4) is 0 Å². The van der Waals surface area contributed by atoms with Gasteiger partial charge in [-0.1, -0.05) is 30.3 Å². The van der Waals surface area contributed by atoms with E-state index >= 15 is 0 Å². The molecule has 2 N–H and O–H groups in total. The van der Waals surface area contributed by atoms with Crippen molar-refractivity contribution in [2.75, 3.05) is 0 Å². The molecular weight excluding hydrogens is 352 g/mol. The summed E-state index contributed by atoms with van der Waals surface area (Å²) >= 11 is 0. The SMILES string of the molecule is O=C(N[C@@H]1C[C@H]2CC[C@@H]1N2)c1ccc(-c2ccccc2Oc2ccccc2)o1. The van der Waals surface area contributed by atoms with Crippen LogP contribution in [0.15, 0.2) is 71.1 Å². The van der Waals surface area contributed by atoms with Crippen LogP contribution in [0, 0.1) is 0 Å². The minimum atomic E-state index is -0.160. The Hall–Kier alpha value is -3.05. The number of carbonyl (C=O) groups excluding carboxylic acids is 1. The molecule has 2 aromatic carbocycles. The van der Waals surface area contributed by atoms with Crippen LogP contribution in [-0.2, 0) is 0 Å². The third-order valence-electron chi connectivity index (χ3n) is 5.57. The Bertz CT molecular complexity index is 982. The van der Waals surface area contributed by atoms with Crippen LogP contribution in [0.5, 0.6) is 11.5 Å². The first-order valence-corrected chi connectivity index (χ1v) is 9.75. The summed E-state index contributed by atoms with van der Waals surface area (Å²) in [5.74, 6) is 2.22. The minimum Gasteiger partial charge on any atom is -0.457 e. The number of fused-ring (bicyclic) bond motifs is 2. The van der Waals surface area contributed by atoms with Gasteiger partial charge < -0.3 is 19.8 Å². The number of benzene rings is 2. The Morgan fingerprint density at radius 3 is 2.61 bits per heavy atom. The summed E-state index contributed by atoms with van der Waals surface area (Å²) in [4.78, 5) is 12.6. The molecule has 3 heterocycles. The summed E-state index contributed by atoms with van der Waals surface area (Å²) < 4.78 is 11.9. The second-order valence-corrected chi connectivity index (χ2v) is 7.44. The van der Waals surface area contributed by atoms with E-state index in [0.717, 1.165) is 24.2 Å². The highest BCUT2D eigenvalue weighted by Gasteiger charge is 2.40. The Morgan fingerprint density at radius 2 is 1.82 bits per heavy atom. The van der Waals surface area contributed by atoms with Gasteiger partial charge >= 0.3 is 0 Å². The summed E-state index contributed by atoms with van der Waals surface area (Å²) in [6.07, 6.45) is 3.33. The van der Waals surface area contributed by atoms with E-state index in [4.69, 9.17) is 9.15 Å². The molecule has 1 aromatic heterocycles. The molecule has 2 bridgehead atoms. The molecule has 5 heteroatoms. The van der Waals surface area contributed by atoms with E-state index in [-0.39, 0.29) is 11.9 Å². The van der Waals surface area contributed by atoms with Gasteiger partial charge in [-0.3, -0.25) is 4.79 Å². The monoisotopic (exact) mass is 374 g/mol. The van der Waals surface area contributed by atoms with Gasteiger partial charge in [-0.05, 0) is 55.7 Å². The number of furan rings is 1. The molecule has 28 heavy (non-hydrogen) atoms. The average molecular weight is 374 g/mol. The second-order valence-electron chi connectivity index (χ2n) is 7.44. The topological polar surface area (TPSA) is 63.5 Å². The lowest BCUT2D eigenvalue weighted by Crippen LogP contribution is -2.42. The molecule has 0 aliphatic carbocycles. The highest BCUT2D eigenvalue weighted by molar-refractivity contribution is 5.92. The van der Waals surface area contributed by atoms with Crippen LogP contribution in [0.4, 0.5) is 0 Å². The molecular formula is C23H22N2O3. The molecule has 2 fully saturated rings. The van der Waals surface area contributed by atoms with Gasteiger partial charge in [0.15, 0.2) is 5.76 Å². The first kappa shape index (κ1) is 17.1. The fourth-order valence-corrected chi connectivity index (χ4v) is 4.20. The van der Waals surface area contributed by atoms with Crippen molar-refractivity contribution in [2.45, 2.75) is 37.4 Å². The first-order valence-electron chi connectivity index (χ1n) is 9.75. The predicted octanol–water partition coefficient (Wildman–Crippen LogP) is 4.36. The third kappa shape index (κ3) is 3.29. The zero-order chi connectivity index (χ0) is 18.9. The van der Waals surface area contributed by atoms with E-state index in [1.807, 2.05) is 60.7 Å². The molecule has 2 saturated heterocycles. The molecule has 5 nitrogen and oxygen atoms in total. The number of carbonyl (C=O) groups is 1. The van der Waals surface area contributed by atoms with Crippen molar-refractivity contribution in [1.29, 1.82) is 0 Å². The van der Waals surface area contributed by atoms with Gasteiger partial charge in [-0.2, -0.15) is 0 Å². The van der Waals surface area contributed by atoms with E-state index in [2.05, 4.69) is 10.6 Å². The predicted molar refractivity (Wildman–Crippen MR) is 106 cm³/mol. The van der Waals surface area contributed by atoms with Gasteiger partial charge in [0.2, 0.25) is 0 Å². The number of amides is 1. The van der Waals surface area contributed by atoms with Crippen LogP contribution in [-0.4, -0.2) is 24.0 Å². The van der Waals surface area contributed by atoms with Gasteiger partial charge in [0, 0.05) is 18.1 Å². The van der Waals surface area contributed by atoms with E-state index in [1.165, 1.54) is 6.42 Å². The largest absolute Gasteiger partial charge is 0.457 e. The molecule has 1 amide bonds. The molecule has 0 unspecified atom stereocenters. The summed E-state index contributed by atoms with van der Waals surface area (Å²) in [6, 6.07) is 22.0. The fraction of sp³-hybridized carbons (Fsp3) is 0.261. The molecule has 0 radical (unpaired) electrons. The quantitative estimate of drug-likeness (QED) is 0.696. The summed E-state index contributed by atoms with van der Waals surface area (Å²) in [5.41, 5.74) is 0.812. The van der Waals surface area contributed by atoms with Gasteiger partial charge in [0.1, 0.15) is 17.3 Å². The summed E-state index contributed by atoms with van der Waals surface area (Å²) in [5, 5.41) is 6.65. The van der Waals surface area contributed by atoms with Crippen LogP contribution in [0.25, 0.3) is 11.3 Å². The maximum Gasteiger partial charge on any atom is 0.287 e. The van der Waals surface area contributed by atoms with Crippen molar-refractivity contribution in [2.24, 2.45) is 0 Å². The summed E-state index contributed by atoms with van der Waals surface area (Å²) in [6.45, 7) is 0. The minimum absolute atomic E-state index is 0.160. The van der Waals surface area contributed by atoms with Crippen LogP contribution < -0.4 is 15.4 Å². The zero-order valence-electron chi connectivity index (χ0n) is 15.4. The van der Waals surface area contributed by atoms with Crippen molar-refractivity contribution >= 4 is 5.91 Å². The number of hydrogen-bond acceptors (Lipinski definition) is 4. The fourth-order valence-electron chi connectivity index (χ4n) is 4.20. The first-order chi connectivity index (χ1) is 13.8. The Labute approximate surface area is 163 Å². The molecule has 0 spiro atoms. The summed E-state index contributed by atoms with van der Waals surface area (Å²) in [7, 11) is 0. The molecule has 2 aliphatic rings. The lowest BCUT2D eigenvalue weighted by molar-refractivity contribution is 0.0903. The molecule has 3 atom stereocenters. The molecule has 142 valence electrons. The van der Waals surface area contributed by atoms with E-state index in [1.54, 1.807) is 6.07 Å². The van der Waals surface area contributed by atoms with Crippen molar-refractivity contribution in [3.05, 3.63) is 72.5 Å². The molecule has 0 saturated carbocycles. The van der Waals surface area contributed by atoms with Crippen LogP contribution in [0.2, 0.25) is 0 Å². The maximum atomic E-state index is 12.6. The van der Waals surface area contributed by atoms with Crippen molar-refractivity contribution in [3.63, 3.8) is 0 Å². The van der Waals surface area contributed by atoms with E-state index in [9.17, 15) is 4.79 Å². The van der Waals surface area contributed by atoms with Gasteiger partial charge in [-0.25, -0.2) is 0 Å². The van der Waals surface area contributed by atoms with Gasteiger partial charge in [-0.15, -0.1) is 0 Å². The lowest BCUT2D eigenvalue weighted by Gasteiger charge is -2.20. The van der Waals surface area contributed by atoms with Crippen molar-refractivity contribution < 1.29 is 13.9 Å². The van der Waals surface area contributed by atoms with Crippen LogP contribution >= 0.6 is 0 Å². The van der Waals surface area contributed by atoms with E-state index < -0.39 is 0 Å². The Morgan fingerprint density at radius 1 is 1.00 bits per heavy atom. The highest BCUT2D eigenvalue weighted by atomic mass is 16.5. The molecule has 3 aromatic rings. The van der Waals surface area contributed by atoms with Gasteiger partial charge in [0.25, 0.3) is 5.91 Å². The number of hydrogen-bond donors (Lipinski definition) is 2. The van der Waals surface area contributed by atoms with Gasteiger partial charge in [0.05, 0.1) is 5.56 Å². The number of rotatable bonds is 5. The average Bonchev–Trinajstić information content (AvgIpc) is 3.46. The normalized spacial score (nSPS) is 22.9. The number of para-hydroxylation sites is 2. The standard InChI is InChI=1S/C23H22N2O3/c26-23(25-19-14-15-10-11-18(19)24-15)22-13-12-21(28-22)17-8-4-5-9-20(17)27-16-6-2-1-3-7-16/h1-9,12-13,15,18-19,24H,10-11,14H2,(H,25,26)/t15-,18+,19-/m1/s1. The number of ether oxygens (including phenoxy) is 1. The number of nitrogens with one attached hydrogen (secondary N) is 2. The van der Waals surface area contributed by atoms with Crippen molar-refractivity contribution in [3.8, 4) is 22.8 Å². The van der Waals surface area contributed by atoms with Crippen molar-refractivity contribution in [1.82, 2.24) is 10.6 Å². The third-order valence-corrected chi connectivity index (χ3v) is 5.57. The Balaban J connectivity index is 1.34. The molecule has 5 rings (SSSR count). The molecule has 2 aliphatic heterocycles. The zero-order valence-corrected chi connectivity index (χ0v) is 15.4. The highest BCUT2D eigenvalue weighted by Crippen LogP contribution is 2.34. The van der Waals surface area contributed by atoms with E-state index in [0.29, 0.717) is 29.4 Å².